The van der Waals surface area contributed by atoms with Crippen LogP contribution in [0.15, 0.2) is 528 Å². The number of aryl methyl sites for hydroxylation is 3. The highest BCUT2D eigenvalue weighted by atomic mass is 15.1. The van der Waals surface area contributed by atoms with Crippen LogP contribution in [0.3, 0.4) is 0 Å². The Morgan fingerprint density at radius 3 is 0.819 bits per heavy atom. The first kappa shape index (κ1) is 93.4. The number of fused-ring (bicyclic) bond motifs is 9. The Morgan fingerprint density at radius 2 is 0.413 bits per heavy atom. The minimum Gasteiger partial charge on any atom is -0.345 e. The van der Waals surface area contributed by atoms with Gasteiger partial charge in [0.25, 0.3) is 0 Å². The molecule has 20 aromatic rings. The summed E-state index contributed by atoms with van der Waals surface area (Å²) in [5, 5.41) is 0. The first-order chi connectivity index (χ1) is 67.4. The van der Waals surface area contributed by atoms with Gasteiger partial charge in [0.1, 0.15) is 0 Å². The van der Waals surface area contributed by atoms with Gasteiger partial charge in [0.15, 0.2) is 0 Å². The van der Waals surface area contributed by atoms with Gasteiger partial charge < -0.3 is 19.6 Å². The first-order valence-corrected chi connectivity index (χ1v) is 47.9. The number of nitrogens with zero attached hydrogens (tertiary/aromatic N) is 4. The van der Waals surface area contributed by atoms with Crippen LogP contribution >= 0.6 is 0 Å². The molecule has 0 aromatic heterocycles. The maximum absolute atomic E-state index is 2.37. The Labute approximate surface area is 819 Å². The maximum atomic E-state index is 2.37. The maximum Gasteiger partial charge on any atom is 0.0713 e. The third kappa shape index (κ3) is 20.8. The van der Waals surface area contributed by atoms with Crippen LogP contribution in [0, 0.1) is 20.8 Å². The molecule has 0 saturated heterocycles. The molecule has 4 nitrogen and oxygen atoms in total. The molecule has 3 aliphatic carbocycles. The van der Waals surface area contributed by atoms with Crippen molar-refractivity contribution in [3.63, 3.8) is 0 Å². The normalized spacial score (nSPS) is 12.2. The third-order valence-electron chi connectivity index (χ3n) is 27.2. The molecular formula is C134H120N4. The van der Waals surface area contributed by atoms with Gasteiger partial charge in [0, 0.05) is 84.5 Å². The lowest BCUT2D eigenvalue weighted by atomic mass is 9.67. The predicted molar refractivity (Wildman–Crippen MR) is 592 cm³/mol. The number of rotatable bonds is 14. The van der Waals surface area contributed by atoms with Crippen LogP contribution in [0.1, 0.15) is 88.9 Å². The highest BCUT2D eigenvalue weighted by Crippen LogP contribution is 2.57. The van der Waals surface area contributed by atoms with E-state index in [1.807, 2.05) is 48.5 Å². The molecule has 0 unspecified atom stereocenters. The Morgan fingerprint density at radius 1 is 0.159 bits per heavy atom. The van der Waals surface area contributed by atoms with Crippen molar-refractivity contribution in [3.8, 4) is 77.9 Å². The quantitative estimate of drug-likeness (QED) is 0.108. The Hall–Kier alpha value is -16.4. The second-order valence-electron chi connectivity index (χ2n) is 36.7. The van der Waals surface area contributed by atoms with Crippen LogP contribution in [-0.2, 0) is 16.2 Å². The molecule has 3 aliphatic rings. The summed E-state index contributed by atoms with van der Waals surface area (Å²) in [7, 11) is 8.37. The summed E-state index contributed by atoms with van der Waals surface area (Å²) < 4.78 is 0. The van der Waals surface area contributed by atoms with Crippen LogP contribution in [0.4, 0.5) is 45.5 Å². The molecule has 0 amide bonds. The van der Waals surface area contributed by atoms with Gasteiger partial charge in [0.2, 0.25) is 0 Å². The van der Waals surface area contributed by atoms with E-state index in [9.17, 15) is 0 Å². The fourth-order valence-corrected chi connectivity index (χ4v) is 19.6. The lowest BCUT2D eigenvalue weighted by Gasteiger charge is -2.34. The SMILES string of the molecule is CN(c1ccc(-c2ccccc2)cc1)c1ccc(-c2ccccc2)cc1.CN(c1ccccc1)c1ccc(-c2ccccc2)cc1.CN(c1ccccc1)c1cccc(-c2ccccc2)c1.CN(c1ccccc1)c1ccccc1.Cc1ccc2c(c1)-c1ccccc1C2(C)C.Cc1ccc2c(c1)C(c1ccccc1)(c1ccccc1)c1ccccc1-2.Cc1cccc2c1-c1ccccc1C2(C)C. The lowest BCUT2D eigenvalue weighted by Crippen LogP contribution is -2.28. The van der Waals surface area contributed by atoms with Gasteiger partial charge >= 0.3 is 0 Å². The Balaban J connectivity index is 0.000000113. The molecule has 0 N–H and O–H groups in total. The Kier molecular flexibility index (Phi) is 29.3. The zero-order chi connectivity index (χ0) is 95.4. The third-order valence-corrected chi connectivity index (χ3v) is 27.2. The van der Waals surface area contributed by atoms with E-state index in [2.05, 4.69) is 575 Å². The zero-order valence-electron chi connectivity index (χ0n) is 81.0. The topological polar surface area (TPSA) is 13.0 Å². The van der Waals surface area contributed by atoms with Crippen LogP contribution in [-0.4, -0.2) is 28.2 Å². The highest BCUT2D eigenvalue weighted by molar-refractivity contribution is 5.88. The summed E-state index contributed by atoms with van der Waals surface area (Å²) in [4.78, 5) is 8.77. The average molecular weight is 1790 g/mol. The molecule has 0 bridgehead atoms. The lowest BCUT2D eigenvalue weighted by molar-refractivity contribution is 0.660. The molecule has 0 fully saturated rings. The van der Waals surface area contributed by atoms with Crippen LogP contribution in [0.25, 0.3) is 77.9 Å². The largest absolute Gasteiger partial charge is 0.345 e. The van der Waals surface area contributed by atoms with Gasteiger partial charge in [0.05, 0.1) is 5.41 Å². The van der Waals surface area contributed by atoms with Crippen molar-refractivity contribution < 1.29 is 0 Å². The van der Waals surface area contributed by atoms with Crippen molar-refractivity contribution in [1.82, 2.24) is 0 Å². The van der Waals surface area contributed by atoms with E-state index in [1.165, 1.54) is 185 Å². The summed E-state index contributed by atoms with van der Waals surface area (Å²) in [6.45, 7) is 15.8. The molecule has 0 spiro atoms. The van der Waals surface area contributed by atoms with E-state index >= 15 is 0 Å². The van der Waals surface area contributed by atoms with Crippen LogP contribution in [0.2, 0.25) is 0 Å². The minimum atomic E-state index is -0.263. The summed E-state index contributed by atoms with van der Waals surface area (Å²) >= 11 is 0. The predicted octanol–water partition coefficient (Wildman–Crippen LogP) is 35.4. The number of hydrogen-bond donors (Lipinski definition) is 0. The molecule has 138 heavy (non-hydrogen) atoms. The van der Waals surface area contributed by atoms with E-state index in [0.29, 0.717) is 0 Å². The van der Waals surface area contributed by atoms with Crippen molar-refractivity contribution in [2.75, 3.05) is 47.8 Å². The number of hydrogen-bond acceptors (Lipinski definition) is 4. The standard InChI is InChI=1S/C26H20.C25H21N.2C19H17N.2C16H16.C13H13N/c1-19-16-17-23-22-14-8-9-15-24(22)26(25(23)18-19,20-10-4-2-5-11-20)21-12-6-3-7-13-21;1-26(24-16-12-22(13-17-24)20-8-4-2-5-9-20)25-18-14-23(15-19-25)21-10-6-3-7-11-21;1-20(18-12-6-3-7-13-18)19-14-8-11-17(15-19)16-9-4-2-5-10-16;1-20(18-10-6-3-7-11-18)19-14-12-17(13-15-19)16-8-4-2-5-9-16;1-11-7-6-10-14-15(11)12-8-4-5-9-13(12)16(14,2)3;1-11-8-9-15-13(10-11)12-6-4-5-7-14(12)16(15,2)3;1-14(12-8-4-2-5-9-12)13-10-6-3-7-11-13/h2-18H,1H3;2-19H,1H3;2*2-15H,1H3;2*4-10H,1-3H3;2-11H,1H3. The summed E-state index contributed by atoms with van der Waals surface area (Å²) in [5.41, 5.74) is 43.2. The number of anilines is 8. The fourth-order valence-electron chi connectivity index (χ4n) is 19.6. The molecule has 0 radical (unpaired) electrons. The van der Waals surface area contributed by atoms with E-state index in [-0.39, 0.29) is 16.2 Å². The first-order valence-electron chi connectivity index (χ1n) is 47.9. The molecule has 0 heterocycles. The highest BCUT2D eigenvalue weighted by Gasteiger charge is 2.46. The fraction of sp³-hybridized carbons (Fsp3) is 0.104. The van der Waals surface area contributed by atoms with Crippen molar-refractivity contribution in [1.29, 1.82) is 0 Å². The monoisotopic (exact) mass is 1780 g/mol. The summed E-state index contributed by atoms with van der Waals surface area (Å²) in [5.74, 6) is 0. The molecule has 676 valence electrons. The van der Waals surface area contributed by atoms with Gasteiger partial charge in [-0.3, -0.25) is 0 Å². The van der Waals surface area contributed by atoms with Gasteiger partial charge in [-0.2, -0.15) is 0 Å². The van der Waals surface area contributed by atoms with Crippen molar-refractivity contribution >= 4 is 45.5 Å². The minimum absolute atomic E-state index is 0.151. The van der Waals surface area contributed by atoms with Crippen LogP contribution < -0.4 is 19.6 Å². The van der Waals surface area contributed by atoms with Gasteiger partial charge in [-0.25, -0.2) is 0 Å². The molecule has 4 heteroatoms. The second-order valence-corrected chi connectivity index (χ2v) is 36.7. The molecular weight excluding hydrogens is 1670 g/mol. The van der Waals surface area contributed by atoms with E-state index in [0.717, 1.165) is 0 Å². The average Bonchev–Trinajstić information content (AvgIpc) is 1.54. The van der Waals surface area contributed by atoms with Gasteiger partial charge in [-0.05, 0) is 246 Å². The summed E-state index contributed by atoms with van der Waals surface area (Å²) in [6.07, 6.45) is 0. The molecule has 0 saturated carbocycles. The second kappa shape index (κ2) is 43.3. The van der Waals surface area contributed by atoms with E-state index < -0.39 is 0 Å². The molecule has 23 rings (SSSR count). The van der Waals surface area contributed by atoms with Crippen molar-refractivity contribution in [2.24, 2.45) is 0 Å². The van der Waals surface area contributed by atoms with Crippen molar-refractivity contribution in [3.05, 3.63) is 589 Å². The summed E-state index contributed by atoms with van der Waals surface area (Å²) in [6, 6.07) is 187. The molecule has 0 atom stereocenters. The smallest absolute Gasteiger partial charge is 0.0713 e. The van der Waals surface area contributed by atoms with Crippen LogP contribution in [0.5, 0.6) is 0 Å². The molecule has 20 aromatic carbocycles. The molecule has 0 aliphatic heterocycles. The van der Waals surface area contributed by atoms with E-state index in [4.69, 9.17) is 0 Å². The van der Waals surface area contributed by atoms with E-state index in [1.54, 1.807) is 0 Å². The Bertz CT molecular complexity index is 7160. The zero-order valence-corrected chi connectivity index (χ0v) is 81.0. The number of benzene rings is 20. The van der Waals surface area contributed by atoms with Crippen molar-refractivity contribution in [2.45, 2.75) is 64.7 Å². The van der Waals surface area contributed by atoms with Gasteiger partial charge in [-0.15, -0.1) is 0 Å². The number of para-hydroxylation sites is 4. The van der Waals surface area contributed by atoms with Gasteiger partial charge in [-0.1, -0.05) is 470 Å².